The molecule has 0 aliphatic carbocycles. The first-order valence-corrected chi connectivity index (χ1v) is 10.8. The summed E-state index contributed by atoms with van der Waals surface area (Å²) in [5.74, 6) is -0.691. The fourth-order valence-corrected chi connectivity index (χ4v) is 5.70. The third-order valence-electron chi connectivity index (χ3n) is 7.32. The number of nitrogens with zero attached hydrogens (tertiary/aromatic N) is 2. The molecule has 29 heavy (non-hydrogen) atoms. The highest BCUT2D eigenvalue weighted by molar-refractivity contribution is 6.05. The van der Waals surface area contributed by atoms with Crippen molar-refractivity contribution in [3.05, 3.63) is 34.9 Å². The summed E-state index contributed by atoms with van der Waals surface area (Å²) in [6.45, 7) is 4.57. The zero-order valence-corrected chi connectivity index (χ0v) is 16.7. The van der Waals surface area contributed by atoms with Crippen molar-refractivity contribution in [3.63, 3.8) is 0 Å². The molecule has 7 nitrogen and oxygen atoms in total. The molecule has 1 aromatic rings. The smallest absolute Gasteiger partial charge is 0.255 e. The number of piperidine rings is 2. The van der Waals surface area contributed by atoms with Crippen LogP contribution < -0.4 is 10.6 Å². The number of benzene rings is 1. The van der Waals surface area contributed by atoms with Crippen LogP contribution in [0.1, 0.15) is 60.0 Å². The number of rotatable bonds is 3. The van der Waals surface area contributed by atoms with Gasteiger partial charge in [-0.3, -0.25) is 24.6 Å². The Labute approximate surface area is 170 Å². The maximum Gasteiger partial charge on any atom is 0.255 e. The number of hydrogen-bond acceptors (Lipinski definition) is 5. The number of carbonyl (C=O) groups excluding carboxylic acids is 3. The van der Waals surface area contributed by atoms with Crippen molar-refractivity contribution >= 4 is 17.7 Å². The molecular weight excluding hydrogens is 368 g/mol. The SMILES string of the molecule is O=C1CCC(N2Cc3c(CN4CCCC45CCNCC5)cccc3C2=O)C(=O)N1. The third-order valence-corrected chi connectivity index (χ3v) is 7.32. The molecule has 0 saturated carbocycles. The highest BCUT2D eigenvalue weighted by atomic mass is 16.2. The Morgan fingerprint density at radius 3 is 2.72 bits per heavy atom. The van der Waals surface area contributed by atoms with Gasteiger partial charge in [0.1, 0.15) is 6.04 Å². The molecule has 3 fully saturated rings. The van der Waals surface area contributed by atoms with Gasteiger partial charge in [-0.15, -0.1) is 0 Å². The number of likely N-dealkylation sites (tertiary alicyclic amines) is 1. The monoisotopic (exact) mass is 396 g/mol. The van der Waals surface area contributed by atoms with E-state index in [4.69, 9.17) is 0 Å². The minimum absolute atomic E-state index is 0.0886. The number of hydrogen-bond donors (Lipinski definition) is 2. The van der Waals surface area contributed by atoms with Crippen LogP contribution in [0.5, 0.6) is 0 Å². The van der Waals surface area contributed by atoms with Crippen molar-refractivity contribution < 1.29 is 14.4 Å². The van der Waals surface area contributed by atoms with Crippen LogP contribution in [0, 0.1) is 0 Å². The maximum atomic E-state index is 13.0. The number of fused-ring (bicyclic) bond motifs is 1. The van der Waals surface area contributed by atoms with Crippen LogP contribution in [0.15, 0.2) is 18.2 Å². The molecule has 3 saturated heterocycles. The van der Waals surface area contributed by atoms with Crippen LogP contribution in [0.4, 0.5) is 0 Å². The summed E-state index contributed by atoms with van der Waals surface area (Å²) in [7, 11) is 0. The molecule has 0 radical (unpaired) electrons. The Balaban J connectivity index is 1.38. The van der Waals surface area contributed by atoms with Gasteiger partial charge in [0.2, 0.25) is 11.8 Å². The van der Waals surface area contributed by atoms with Gasteiger partial charge in [0.05, 0.1) is 0 Å². The fourth-order valence-electron chi connectivity index (χ4n) is 5.70. The molecule has 2 N–H and O–H groups in total. The van der Waals surface area contributed by atoms with E-state index in [9.17, 15) is 14.4 Å². The average Bonchev–Trinajstić information content (AvgIpc) is 3.25. The quantitative estimate of drug-likeness (QED) is 0.750. The lowest BCUT2D eigenvalue weighted by Gasteiger charge is -2.42. The Kier molecular flexibility index (Phi) is 4.67. The maximum absolute atomic E-state index is 13.0. The van der Waals surface area contributed by atoms with Gasteiger partial charge >= 0.3 is 0 Å². The summed E-state index contributed by atoms with van der Waals surface area (Å²) in [5, 5.41) is 5.86. The molecule has 1 aromatic carbocycles. The van der Waals surface area contributed by atoms with Crippen molar-refractivity contribution in [2.75, 3.05) is 19.6 Å². The van der Waals surface area contributed by atoms with E-state index in [1.54, 1.807) is 4.90 Å². The van der Waals surface area contributed by atoms with Crippen molar-refractivity contribution in [1.82, 2.24) is 20.4 Å². The van der Waals surface area contributed by atoms with E-state index in [2.05, 4.69) is 21.6 Å². The number of nitrogens with one attached hydrogen (secondary N) is 2. The van der Waals surface area contributed by atoms with E-state index in [0.29, 0.717) is 24.1 Å². The first-order chi connectivity index (χ1) is 14.1. The predicted octanol–water partition coefficient (Wildman–Crippen LogP) is 1.17. The molecule has 4 aliphatic heterocycles. The third kappa shape index (κ3) is 3.16. The van der Waals surface area contributed by atoms with Crippen LogP contribution in [0.3, 0.4) is 0 Å². The van der Waals surface area contributed by atoms with Crippen molar-refractivity contribution in [2.24, 2.45) is 0 Å². The van der Waals surface area contributed by atoms with Crippen LogP contribution in [0.2, 0.25) is 0 Å². The Hall–Kier alpha value is -2.25. The van der Waals surface area contributed by atoms with E-state index in [0.717, 1.165) is 31.7 Å². The normalized spacial score (nSPS) is 26.8. The molecule has 1 unspecified atom stereocenters. The van der Waals surface area contributed by atoms with Gasteiger partial charge in [0.25, 0.3) is 5.91 Å². The average molecular weight is 396 g/mol. The van der Waals surface area contributed by atoms with Gasteiger partial charge in [0, 0.05) is 30.6 Å². The Morgan fingerprint density at radius 2 is 1.93 bits per heavy atom. The molecule has 0 bridgehead atoms. The van der Waals surface area contributed by atoms with E-state index in [1.807, 2.05) is 12.1 Å². The second-order valence-corrected chi connectivity index (χ2v) is 8.84. The molecule has 1 atom stereocenters. The first-order valence-electron chi connectivity index (χ1n) is 10.8. The van der Waals surface area contributed by atoms with Gasteiger partial charge in [-0.25, -0.2) is 0 Å². The van der Waals surface area contributed by atoms with E-state index >= 15 is 0 Å². The van der Waals surface area contributed by atoms with Gasteiger partial charge in [0.15, 0.2) is 0 Å². The molecule has 4 aliphatic rings. The van der Waals surface area contributed by atoms with Crippen molar-refractivity contribution in [1.29, 1.82) is 0 Å². The second-order valence-electron chi connectivity index (χ2n) is 8.84. The van der Waals surface area contributed by atoms with Gasteiger partial charge in [-0.05, 0) is 68.9 Å². The highest BCUT2D eigenvalue weighted by Crippen LogP contribution is 2.39. The number of imide groups is 1. The lowest BCUT2D eigenvalue weighted by Crippen LogP contribution is -2.52. The summed E-state index contributed by atoms with van der Waals surface area (Å²) in [6.07, 6.45) is 5.55. The summed E-state index contributed by atoms with van der Waals surface area (Å²) in [4.78, 5) is 41.1. The molecule has 4 heterocycles. The molecule has 0 aromatic heterocycles. The first kappa shape index (κ1) is 18.8. The molecule has 154 valence electrons. The minimum Gasteiger partial charge on any atom is -0.322 e. The zero-order valence-electron chi connectivity index (χ0n) is 16.7. The number of amides is 3. The van der Waals surface area contributed by atoms with Crippen LogP contribution in [-0.2, 0) is 22.7 Å². The summed E-state index contributed by atoms with van der Waals surface area (Å²) in [5.41, 5.74) is 3.26. The lowest BCUT2D eigenvalue weighted by molar-refractivity contribution is -0.136. The standard InChI is InChI=1S/C22H28N4O3/c27-19-6-5-18(20(28)24-19)26-14-17-15(3-1-4-16(17)21(26)29)13-25-12-2-7-22(25)8-10-23-11-9-22/h1,3-4,18,23H,2,5-14H2,(H,24,27,28). The fraction of sp³-hybridized carbons (Fsp3) is 0.591. The van der Waals surface area contributed by atoms with Crippen molar-refractivity contribution in [2.45, 2.75) is 63.2 Å². The summed E-state index contributed by atoms with van der Waals surface area (Å²) in [6, 6.07) is 5.42. The highest BCUT2D eigenvalue weighted by Gasteiger charge is 2.43. The summed E-state index contributed by atoms with van der Waals surface area (Å²) < 4.78 is 0. The Morgan fingerprint density at radius 1 is 1.10 bits per heavy atom. The zero-order chi connectivity index (χ0) is 20.0. The minimum atomic E-state index is -0.553. The van der Waals surface area contributed by atoms with Crippen LogP contribution in [-0.4, -0.2) is 58.7 Å². The Bertz CT molecular complexity index is 862. The van der Waals surface area contributed by atoms with E-state index in [-0.39, 0.29) is 24.1 Å². The molecule has 7 heteroatoms. The van der Waals surface area contributed by atoms with E-state index in [1.165, 1.54) is 31.2 Å². The van der Waals surface area contributed by atoms with Crippen LogP contribution >= 0.6 is 0 Å². The van der Waals surface area contributed by atoms with Gasteiger partial charge in [-0.2, -0.15) is 0 Å². The molecule has 5 rings (SSSR count). The molecule has 1 spiro atoms. The summed E-state index contributed by atoms with van der Waals surface area (Å²) >= 11 is 0. The van der Waals surface area contributed by atoms with Gasteiger partial charge < -0.3 is 10.2 Å². The van der Waals surface area contributed by atoms with E-state index < -0.39 is 6.04 Å². The largest absolute Gasteiger partial charge is 0.322 e. The number of carbonyl (C=O) groups is 3. The topological polar surface area (TPSA) is 81.8 Å². The molecular formula is C22H28N4O3. The predicted molar refractivity (Wildman–Crippen MR) is 107 cm³/mol. The van der Waals surface area contributed by atoms with Crippen LogP contribution in [0.25, 0.3) is 0 Å². The van der Waals surface area contributed by atoms with Gasteiger partial charge in [-0.1, -0.05) is 12.1 Å². The lowest BCUT2D eigenvalue weighted by atomic mass is 9.85. The molecule has 3 amide bonds. The second kappa shape index (κ2) is 7.22. The van der Waals surface area contributed by atoms with Crippen molar-refractivity contribution in [3.8, 4) is 0 Å².